The Morgan fingerprint density at radius 1 is 0.714 bits per heavy atom. The molecule has 0 spiro atoms. The molecule has 0 atom stereocenters. The molecule has 0 bridgehead atoms. The second-order valence-electron chi connectivity index (χ2n) is 2.88. The van der Waals surface area contributed by atoms with Crippen LogP contribution in [0.3, 0.4) is 0 Å². The SMILES string of the molecule is Fc1cc2cc(Br)c(Br)cc2cc1F. The van der Waals surface area contributed by atoms with Crippen molar-refractivity contribution in [3.8, 4) is 0 Å². The first-order chi connectivity index (χ1) is 6.58. The van der Waals surface area contributed by atoms with E-state index in [2.05, 4.69) is 31.9 Å². The van der Waals surface area contributed by atoms with Crippen molar-refractivity contribution >= 4 is 42.6 Å². The lowest BCUT2D eigenvalue weighted by Crippen LogP contribution is -1.84. The Labute approximate surface area is 96.2 Å². The van der Waals surface area contributed by atoms with Crippen molar-refractivity contribution in [1.82, 2.24) is 0 Å². The fourth-order valence-corrected chi connectivity index (χ4v) is 1.96. The van der Waals surface area contributed by atoms with E-state index in [4.69, 9.17) is 0 Å². The molecule has 0 nitrogen and oxygen atoms in total. The Morgan fingerprint density at radius 2 is 1.07 bits per heavy atom. The summed E-state index contributed by atoms with van der Waals surface area (Å²) >= 11 is 6.59. The van der Waals surface area contributed by atoms with E-state index in [1.54, 1.807) is 12.1 Å². The van der Waals surface area contributed by atoms with Gasteiger partial charge in [-0.2, -0.15) is 0 Å². The van der Waals surface area contributed by atoms with Crippen LogP contribution in [0.25, 0.3) is 10.8 Å². The molecule has 0 fully saturated rings. The van der Waals surface area contributed by atoms with Crippen LogP contribution in [0.15, 0.2) is 33.2 Å². The van der Waals surface area contributed by atoms with Crippen LogP contribution in [0.2, 0.25) is 0 Å². The number of fused-ring (bicyclic) bond motifs is 1. The topological polar surface area (TPSA) is 0 Å². The molecule has 0 saturated heterocycles. The van der Waals surface area contributed by atoms with E-state index in [1.165, 1.54) is 12.1 Å². The van der Waals surface area contributed by atoms with Gasteiger partial charge in [-0.05, 0) is 66.9 Å². The van der Waals surface area contributed by atoms with Crippen molar-refractivity contribution in [2.45, 2.75) is 0 Å². The second kappa shape index (κ2) is 3.59. The average molecular weight is 322 g/mol. The van der Waals surface area contributed by atoms with Crippen LogP contribution in [0, 0.1) is 11.6 Å². The fraction of sp³-hybridized carbons (Fsp3) is 0. The Morgan fingerprint density at radius 3 is 1.43 bits per heavy atom. The zero-order valence-corrected chi connectivity index (χ0v) is 9.99. The van der Waals surface area contributed by atoms with E-state index in [0.29, 0.717) is 10.8 Å². The van der Waals surface area contributed by atoms with E-state index in [1.807, 2.05) is 0 Å². The second-order valence-corrected chi connectivity index (χ2v) is 4.59. The first-order valence-electron chi connectivity index (χ1n) is 3.82. The molecule has 0 unspecified atom stereocenters. The van der Waals surface area contributed by atoms with E-state index >= 15 is 0 Å². The van der Waals surface area contributed by atoms with Gasteiger partial charge >= 0.3 is 0 Å². The van der Waals surface area contributed by atoms with Gasteiger partial charge in [0.25, 0.3) is 0 Å². The van der Waals surface area contributed by atoms with Crippen molar-refractivity contribution in [3.63, 3.8) is 0 Å². The third-order valence-corrected chi connectivity index (χ3v) is 3.76. The molecule has 0 radical (unpaired) electrons. The maximum Gasteiger partial charge on any atom is 0.159 e. The molecule has 0 heterocycles. The van der Waals surface area contributed by atoms with Crippen molar-refractivity contribution in [3.05, 3.63) is 44.8 Å². The van der Waals surface area contributed by atoms with E-state index < -0.39 is 11.6 Å². The van der Waals surface area contributed by atoms with Gasteiger partial charge in [-0.1, -0.05) is 0 Å². The zero-order chi connectivity index (χ0) is 10.3. The number of rotatable bonds is 0. The lowest BCUT2D eigenvalue weighted by molar-refractivity contribution is 0.511. The number of hydrogen-bond acceptors (Lipinski definition) is 0. The first-order valence-corrected chi connectivity index (χ1v) is 5.40. The van der Waals surface area contributed by atoms with Crippen LogP contribution >= 0.6 is 31.9 Å². The molecule has 0 aromatic heterocycles. The van der Waals surface area contributed by atoms with Gasteiger partial charge in [0.15, 0.2) is 11.6 Å². The van der Waals surface area contributed by atoms with Crippen molar-refractivity contribution in [2.24, 2.45) is 0 Å². The molecule has 0 amide bonds. The third kappa shape index (κ3) is 1.68. The zero-order valence-electron chi connectivity index (χ0n) is 6.82. The molecule has 2 aromatic rings. The summed E-state index contributed by atoms with van der Waals surface area (Å²) in [6, 6.07) is 5.84. The molecule has 0 aliphatic heterocycles. The van der Waals surface area contributed by atoms with Gasteiger partial charge in [-0.3, -0.25) is 0 Å². The van der Waals surface area contributed by atoms with Gasteiger partial charge in [0.2, 0.25) is 0 Å². The van der Waals surface area contributed by atoms with Crippen LogP contribution < -0.4 is 0 Å². The van der Waals surface area contributed by atoms with Crippen molar-refractivity contribution in [1.29, 1.82) is 0 Å². The Hall–Kier alpha value is -0.480. The molecule has 0 saturated carbocycles. The third-order valence-electron chi connectivity index (χ3n) is 1.92. The monoisotopic (exact) mass is 320 g/mol. The van der Waals surface area contributed by atoms with Gasteiger partial charge < -0.3 is 0 Å². The summed E-state index contributed by atoms with van der Waals surface area (Å²) in [6.07, 6.45) is 0. The van der Waals surface area contributed by atoms with Crippen LogP contribution in [0.4, 0.5) is 8.78 Å². The molecular weight excluding hydrogens is 318 g/mol. The largest absolute Gasteiger partial charge is 0.204 e. The number of benzene rings is 2. The standard InChI is InChI=1S/C10H4Br2F2/c11-7-1-5-3-9(13)10(14)4-6(5)2-8(7)12/h1-4H. The number of halogens is 4. The van der Waals surface area contributed by atoms with E-state index in [0.717, 1.165) is 8.95 Å². The summed E-state index contributed by atoms with van der Waals surface area (Å²) in [5.74, 6) is -1.65. The molecule has 0 aliphatic carbocycles. The maximum atomic E-state index is 12.9. The molecule has 4 heteroatoms. The molecule has 0 aliphatic rings. The minimum absolute atomic E-state index is 0.666. The van der Waals surface area contributed by atoms with Crippen molar-refractivity contribution in [2.75, 3.05) is 0 Å². The van der Waals surface area contributed by atoms with Gasteiger partial charge in [0.1, 0.15) is 0 Å². The normalized spacial score (nSPS) is 10.9. The molecule has 72 valence electrons. The Bertz CT molecular complexity index is 420. The average Bonchev–Trinajstić information content (AvgIpc) is 2.11. The quantitative estimate of drug-likeness (QED) is 0.663. The van der Waals surface area contributed by atoms with Gasteiger partial charge in [-0.25, -0.2) is 8.78 Å². The van der Waals surface area contributed by atoms with E-state index in [-0.39, 0.29) is 0 Å². The first kappa shape index (κ1) is 10.1. The smallest absolute Gasteiger partial charge is 0.159 e. The van der Waals surface area contributed by atoms with Crippen LogP contribution in [0.5, 0.6) is 0 Å². The highest BCUT2D eigenvalue weighted by Gasteiger charge is 2.06. The molecule has 0 N–H and O–H groups in total. The highest BCUT2D eigenvalue weighted by molar-refractivity contribution is 9.13. The Kier molecular flexibility index (Phi) is 2.58. The summed E-state index contributed by atoms with van der Waals surface area (Å²) in [5, 5.41) is 1.33. The fourth-order valence-electron chi connectivity index (χ4n) is 1.24. The summed E-state index contributed by atoms with van der Waals surface area (Å²) in [7, 11) is 0. The highest BCUT2D eigenvalue weighted by Crippen LogP contribution is 2.29. The maximum absolute atomic E-state index is 12.9. The molecule has 14 heavy (non-hydrogen) atoms. The molecular formula is C10H4Br2F2. The van der Waals surface area contributed by atoms with Crippen LogP contribution in [-0.4, -0.2) is 0 Å². The van der Waals surface area contributed by atoms with Gasteiger partial charge in [-0.15, -0.1) is 0 Å². The van der Waals surface area contributed by atoms with Gasteiger partial charge in [0.05, 0.1) is 0 Å². The Balaban J connectivity index is 2.83. The van der Waals surface area contributed by atoms with E-state index in [9.17, 15) is 8.78 Å². The summed E-state index contributed by atoms with van der Waals surface area (Å²) in [5.41, 5.74) is 0. The van der Waals surface area contributed by atoms with Gasteiger partial charge in [0, 0.05) is 8.95 Å². The summed E-state index contributed by atoms with van der Waals surface area (Å²) in [4.78, 5) is 0. The molecule has 2 aromatic carbocycles. The number of hydrogen-bond donors (Lipinski definition) is 0. The lowest BCUT2D eigenvalue weighted by Gasteiger charge is -2.02. The molecule has 2 rings (SSSR count). The predicted molar refractivity (Wildman–Crippen MR) is 59.3 cm³/mol. The summed E-state index contributed by atoms with van der Waals surface area (Å²) < 4.78 is 27.4. The lowest BCUT2D eigenvalue weighted by atomic mass is 10.1. The van der Waals surface area contributed by atoms with Crippen molar-refractivity contribution < 1.29 is 8.78 Å². The highest BCUT2D eigenvalue weighted by atomic mass is 79.9. The minimum Gasteiger partial charge on any atom is -0.204 e. The minimum atomic E-state index is -0.827. The summed E-state index contributed by atoms with van der Waals surface area (Å²) in [6.45, 7) is 0. The van der Waals surface area contributed by atoms with Crippen LogP contribution in [-0.2, 0) is 0 Å². The predicted octanol–water partition coefficient (Wildman–Crippen LogP) is 4.64. The van der Waals surface area contributed by atoms with Crippen LogP contribution in [0.1, 0.15) is 0 Å².